The van der Waals surface area contributed by atoms with E-state index in [-0.39, 0.29) is 12.8 Å². The molecule has 0 aliphatic heterocycles. The third kappa shape index (κ3) is 48.2. The molecule has 0 radical (unpaired) electrons. The van der Waals surface area contributed by atoms with Gasteiger partial charge in [-0.2, -0.15) is 0 Å². The van der Waals surface area contributed by atoms with E-state index in [1.165, 1.54) is 161 Å². The molecule has 0 aromatic rings. The maximum absolute atomic E-state index is 12.4. The monoisotopic (exact) mass is 954 g/mol. The molecular weight excluding hydrogens is 854 g/mol. The molecule has 1 amide bonds. The van der Waals surface area contributed by atoms with Crippen molar-refractivity contribution in [2.45, 2.75) is 270 Å². The van der Waals surface area contributed by atoms with Gasteiger partial charge in [0.1, 0.15) is 12.7 Å². The number of carboxylic acid groups (broad SMARTS) is 1. The normalized spacial score (nSPS) is 13.8. The smallest absolute Gasteiger partial charge is 0.472 e. The number of carboxylic acids is 1. The summed E-state index contributed by atoms with van der Waals surface area (Å²) in [4.78, 5) is 46.2. The predicted octanol–water partition coefficient (Wildman–Crippen LogP) is 15.1. The van der Waals surface area contributed by atoms with Gasteiger partial charge in [-0.05, 0) is 51.4 Å². The fourth-order valence-corrected chi connectivity index (χ4v) is 8.51. The predicted molar refractivity (Wildman–Crippen MR) is 272 cm³/mol. The van der Waals surface area contributed by atoms with Crippen LogP contribution in [0.25, 0.3) is 0 Å². The molecule has 66 heavy (non-hydrogen) atoms. The zero-order valence-electron chi connectivity index (χ0n) is 42.3. The van der Waals surface area contributed by atoms with E-state index < -0.39 is 57.6 Å². The number of aliphatic hydroxyl groups excluding tert-OH is 1. The third-order valence-electron chi connectivity index (χ3n) is 11.9. The number of amides is 1. The van der Waals surface area contributed by atoms with Gasteiger partial charge >= 0.3 is 19.8 Å². The average Bonchev–Trinajstić information content (AvgIpc) is 3.29. The first kappa shape index (κ1) is 63.7. The average molecular weight is 954 g/mol. The lowest BCUT2D eigenvalue weighted by Gasteiger charge is -2.18. The first-order valence-electron chi connectivity index (χ1n) is 27.0. The zero-order valence-corrected chi connectivity index (χ0v) is 43.2. The highest BCUT2D eigenvalue weighted by atomic mass is 31.2. The number of nitrogens with one attached hydrogen (secondary N) is 1. The Hall–Kier alpha value is -2.30. The van der Waals surface area contributed by atoms with Crippen LogP contribution in [-0.2, 0) is 32.7 Å². The van der Waals surface area contributed by atoms with Gasteiger partial charge in [-0.15, -0.1) is 0 Å². The molecule has 0 aliphatic carbocycles. The Morgan fingerprint density at radius 1 is 0.485 bits per heavy atom. The van der Waals surface area contributed by atoms with E-state index in [0.29, 0.717) is 12.8 Å². The first-order valence-corrected chi connectivity index (χ1v) is 28.5. The van der Waals surface area contributed by atoms with Crippen LogP contribution in [0.5, 0.6) is 0 Å². The number of esters is 1. The van der Waals surface area contributed by atoms with Crippen LogP contribution in [-0.4, -0.2) is 64.9 Å². The van der Waals surface area contributed by atoms with E-state index in [2.05, 4.69) is 55.6 Å². The number of allylic oxidation sites excluding steroid dienone is 6. The van der Waals surface area contributed by atoms with Crippen molar-refractivity contribution in [1.82, 2.24) is 5.32 Å². The van der Waals surface area contributed by atoms with Crippen molar-refractivity contribution >= 4 is 25.7 Å². The van der Waals surface area contributed by atoms with Crippen molar-refractivity contribution < 1.29 is 47.8 Å². The molecule has 0 heterocycles. The van der Waals surface area contributed by atoms with E-state index in [1.807, 2.05) is 0 Å². The van der Waals surface area contributed by atoms with Gasteiger partial charge in [0.05, 0.1) is 13.2 Å². The minimum absolute atomic E-state index is 0.149. The van der Waals surface area contributed by atoms with Crippen molar-refractivity contribution in [3.63, 3.8) is 0 Å². The van der Waals surface area contributed by atoms with Gasteiger partial charge in [0.25, 0.3) is 0 Å². The molecule has 0 rings (SSSR count). The van der Waals surface area contributed by atoms with Gasteiger partial charge < -0.3 is 25.2 Å². The number of phosphoric ester groups is 1. The molecular formula is C54H100NO10P. The number of hydrogen-bond acceptors (Lipinski definition) is 8. The highest BCUT2D eigenvalue weighted by Crippen LogP contribution is 2.43. The molecule has 0 saturated heterocycles. The minimum Gasteiger partial charge on any atom is -0.480 e. The second-order valence-corrected chi connectivity index (χ2v) is 19.9. The highest BCUT2D eigenvalue weighted by molar-refractivity contribution is 7.47. The van der Waals surface area contributed by atoms with Gasteiger partial charge in [0.2, 0.25) is 5.91 Å². The highest BCUT2D eigenvalue weighted by Gasteiger charge is 2.28. The quantitative estimate of drug-likeness (QED) is 0.0199. The lowest BCUT2D eigenvalue weighted by molar-refractivity contribution is -0.147. The number of phosphoric acid groups is 1. The van der Waals surface area contributed by atoms with Crippen LogP contribution in [0, 0.1) is 0 Å². The number of aliphatic hydroxyl groups is 1. The largest absolute Gasteiger partial charge is 0.480 e. The molecule has 3 unspecified atom stereocenters. The van der Waals surface area contributed by atoms with Gasteiger partial charge in [-0.25, -0.2) is 9.36 Å². The molecule has 0 fully saturated rings. The summed E-state index contributed by atoms with van der Waals surface area (Å²) in [5, 5.41) is 22.0. The van der Waals surface area contributed by atoms with Crippen LogP contribution in [0.2, 0.25) is 0 Å². The Morgan fingerprint density at radius 3 is 1.27 bits per heavy atom. The Balaban J connectivity index is 3.80. The molecule has 0 aromatic heterocycles. The van der Waals surface area contributed by atoms with Crippen molar-refractivity contribution in [3.8, 4) is 0 Å². The molecule has 0 spiro atoms. The molecule has 0 bridgehead atoms. The van der Waals surface area contributed by atoms with Gasteiger partial charge in [0, 0.05) is 12.8 Å². The summed E-state index contributed by atoms with van der Waals surface area (Å²) < 4.78 is 27.0. The zero-order chi connectivity index (χ0) is 48.4. The van der Waals surface area contributed by atoms with Crippen LogP contribution < -0.4 is 5.32 Å². The number of carbonyl (C=O) groups excluding carboxylic acids is 2. The topological polar surface area (TPSA) is 169 Å². The minimum atomic E-state index is -4.76. The summed E-state index contributed by atoms with van der Waals surface area (Å²) >= 11 is 0. The Bertz CT molecular complexity index is 1260. The lowest BCUT2D eigenvalue weighted by atomic mass is 10.0. The molecule has 0 aliphatic rings. The van der Waals surface area contributed by atoms with Crippen molar-refractivity contribution in [2.24, 2.45) is 0 Å². The number of aliphatic carboxylic acids is 1. The third-order valence-corrected chi connectivity index (χ3v) is 12.9. The SMILES string of the molecule is CCCCC/C=C\C/C=C\C/C=C\CCCCCCCCCCC(=O)OCC(O)COP(=O)(O)OCC(NC(=O)CCCCCCCCCCCCCCCCCCCCCCC)C(=O)O. The summed E-state index contributed by atoms with van der Waals surface area (Å²) in [6.07, 6.45) is 55.9. The summed E-state index contributed by atoms with van der Waals surface area (Å²) in [6, 6.07) is -1.55. The van der Waals surface area contributed by atoms with Crippen LogP contribution in [0.15, 0.2) is 36.5 Å². The van der Waals surface area contributed by atoms with Crippen LogP contribution in [0.4, 0.5) is 0 Å². The first-order chi connectivity index (χ1) is 32.1. The molecule has 386 valence electrons. The van der Waals surface area contributed by atoms with E-state index in [1.54, 1.807) is 0 Å². The fraction of sp³-hybridized carbons (Fsp3) is 0.833. The second kappa shape index (κ2) is 49.1. The molecule has 0 aromatic carbocycles. The standard InChI is InChI=1S/C54H100NO10P/c1-3-5-7-9-11-13-15-17-19-21-23-25-27-29-31-33-35-37-39-41-43-45-52(57)55-51(54(59)60)49-65-66(61,62)64-48-50(56)47-63-53(58)46-44-42-40-38-36-34-32-30-28-26-24-22-20-18-16-14-12-10-8-6-4-2/h12,14,18,20,24,26,50-51,56H,3-11,13,15-17,19,21-23,25,27-49H2,1-2H3,(H,55,57)(H,59,60)(H,61,62)/b14-12-,20-18-,26-24-. The summed E-state index contributed by atoms with van der Waals surface area (Å²) in [5.74, 6) is -2.36. The summed E-state index contributed by atoms with van der Waals surface area (Å²) in [7, 11) is -4.76. The molecule has 12 heteroatoms. The van der Waals surface area contributed by atoms with Crippen LogP contribution in [0.3, 0.4) is 0 Å². The van der Waals surface area contributed by atoms with E-state index in [9.17, 15) is 34.1 Å². The van der Waals surface area contributed by atoms with Crippen LogP contribution in [0.1, 0.15) is 258 Å². The van der Waals surface area contributed by atoms with E-state index >= 15 is 0 Å². The lowest BCUT2D eigenvalue weighted by Crippen LogP contribution is -2.43. The molecule has 3 atom stereocenters. The van der Waals surface area contributed by atoms with Gasteiger partial charge in [-0.1, -0.05) is 230 Å². The number of ether oxygens (including phenoxy) is 1. The fourth-order valence-electron chi connectivity index (χ4n) is 7.74. The van der Waals surface area contributed by atoms with Gasteiger partial charge in [0.15, 0.2) is 6.04 Å². The maximum Gasteiger partial charge on any atom is 0.472 e. The van der Waals surface area contributed by atoms with E-state index in [4.69, 9.17) is 13.8 Å². The molecule has 0 saturated carbocycles. The van der Waals surface area contributed by atoms with Crippen molar-refractivity contribution in [3.05, 3.63) is 36.5 Å². The van der Waals surface area contributed by atoms with Gasteiger partial charge in [-0.3, -0.25) is 18.6 Å². The van der Waals surface area contributed by atoms with Crippen molar-refractivity contribution in [2.75, 3.05) is 19.8 Å². The number of hydrogen-bond donors (Lipinski definition) is 4. The number of rotatable bonds is 51. The Morgan fingerprint density at radius 2 is 0.833 bits per heavy atom. The number of unbranched alkanes of at least 4 members (excludes halogenated alkanes) is 31. The second-order valence-electron chi connectivity index (χ2n) is 18.4. The van der Waals surface area contributed by atoms with Crippen LogP contribution >= 0.6 is 7.82 Å². The summed E-state index contributed by atoms with van der Waals surface area (Å²) in [6.45, 7) is 2.61. The van der Waals surface area contributed by atoms with E-state index in [0.717, 1.165) is 57.8 Å². The molecule has 11 nitrogen and oxygen atoms in total. The molecule has 4 N–H and O–H groups in total. The van der Waals surface area contributed by atoms with Crippen molar-refractivity contribution in [1.29, 1.82) is 0 Å². The summed E-state index contributed by atoms with van der Waals surface area (Å²) in [5.41, 5.74) is 0. The number of carbonyl (C=O) groups is 3. The maximum atomic E-state index is 12.4. The Kier molecular flexibility index (Phi) is 47.4. The Labute approximate surface area is 403 Å².